The van der Waals surface area contributed by atoms with Crippen molar-refractivity contribution < 1.29 is 4.79 Å². The SMILES string of the molecule is CCC1CNCC1N1CCC(C(=O)NC)CC1. The van der Waals surface area contributed by atoms with Gasteiger partial charge < -0.3 is 10.6 Å². The predicted octanol–water partition coefficient (Wildman–Crippen LogP) is 0.442. The number of carbonyl (C=O) groups excluding carboxylic acids is 1. The summed E-state index contributed by atoms with van der Waals surface area (Å²) in [6.07, 6.45) is 3.30. The lowest BCUT2D eigenvalue weighted by molar-refractivity contribution is -0.126. The van der Waals surface area contributed by atoms with E-state index in [9.17, 15) is 4.79 Å². The van der Waals surface area contributed by atoms with Crippen LogP contribution in [-0.2, 0) is 4.79 Å². The third-order valence-electron chi connectivity index (χ3n) is 4.44. The Labute approximate surface area is 104 Å². The van der Waals surface area contributed by atoms with Crippen molar-refractivity contribution in [2.75, 3.05) is 33.2 Å². The minimum Gasteiger partial charge on any atom is -0.359 e. The largest absolute Gasteiger partial charge is 0.359 e. The van der Waals surface area contributed by atoms with Crippen molar-refractivity contribution in [2.24, 2.45) is 11.8 Å². The van der Waals surface area contributed by atoms with Gasteiger partial charge in [-0.3, -0.25) is 9.69 Å². The molecule has 0 spiro atoms. The van der Waals surface area contributed by atoms with E-state index >= 15 is 0 Å². The molecule has 2 saturated heterocycles. The Hall–Kier alpha value is -0.610. The van der Waals surface area contributed by atoms with Gasteiger partial charge in [0, 0.05) is 25.6 Å². The Bertz CT molecular complexity index is 261. The van der Waals surface area contributed by atoms with Crippen LogP contribution in [0, 0.1) is 11.8 Å². The van der Waals surface area contributed by atoms with Crippen LogP contribution in [-0.4, -0.2) is 50.1 Å². The summed E-state index contributed by atoms with van der Waals surface area (Å²) in [5.41, 5.74) is 0. The van der Waals surface area contributed by atoms with Crippen LogP contribution in [0.2, 0.25) is 0 Å². The van der Waals surface area contributed by atoms with Gasteiger partial charge >= 0.3 is 0 Å². The van der Waals surface area contributed by atoms with Crippen LogP contribution < -0.4 is 10.6 Å². The molecule has 0 aromatic heterocycles. The molecule has 2 aliphatic rings. The van der Waals surface area contributed by atoms with Gasteiger partial charge in [0.05, 0.1) is 0 Å². The van der Waals surface area contributed by atoms with Gasteiger partial charge in [-0.15, -0.1) is 0 Å². The quantitative estimate of drug-likeness (QED) is 0.751. The molecule has 2 fully saturated rings. The zero-order valence-corrected chi connectivity index (χ0v) is 11.0. The van der Waals surface area contributed by atoms with E-state index in [1.165, 1.54) is 6.42 Å². The smallest absolute Gasteiger partial charge is 0.222 e. The molecule has 0 bridgehead atoms. The summed E-state index contributed by atoms with van der Waals surface area (Å²) < 4.78 is 0. The Balaban J connectivity index is 1.84. The second kappa shape index (κ2) is 5.83. The van der Waals surface area contributed by atoms with Gasteiger partial charge in [-0.05, 0) is 38.4 Å². The molecule has 2 heterocycles. The maximum Gasteiger partial charge on any atom is 0.222 e. The lowest BCUT2D eigenvalue weighted by Crippen LogP contribution is -2.47. The van der Waals surface area contributed by atoms with Gasteiger partial charge in [0.15, 0.2) is 0 Å². The van der Waals surface area contributed by atoms with Gasteiger partial charge in [-0.25, -0.2) is 0 Å². The molecule has 2 aliphatic heterocycles. The summed E-state index contributed by atoms with van der Waals surface area (Å²) in [4.78, 5) is 14.2. The van der Waals surface area contributed by atoms with Crippen molar-refractivity contribution in [3.63, 3.8) is 0 Å². The van der Waals surface area contributed by atoms with E-state index in [0.29, 0.717) is 6.04 Å². The summed E-state index contributed by atoms with van der Waals surface area (Å²) in [6.45, 7) is 6.74. The number of hydrogen-bond acceptors (Lipinski definition) is 3. The molecule has 2 N–H and O–H groups in total. The normalized spacial score (nSPS) is 31.6. The van der Waals surface area contributed by atoms with Gasteiger partial charge in [-0.2, -0.15) is 0 Å². The van der Waals surface area contributed by atoms with Crippen molar-refractivity contribution in [1.29, 1.82) is 0 Å². The van der Waals surface area contributed by atoms with E-state index in [1.54, 1.807) is 7.05 Å². The zero-order valence-electron chi connectivity index (χ0n) is 11.0. The van der Waals surface area contributed by atoms with E-state index < -0.39 is 0 Å². The first-order valence-corrected chi connectivity index (χ1v) is 6.92. The summed E-state index contributed by atoms with van der Waals surface area (Å²) in [5, 5.41) is 6.26. The fraction of sp³-hybridized carbons (Fsp3) is 0.923. The van der Waals surface area contributed by atoms with Gasteiger partial charge in [0.25, 0.3) is 0 Å². The number of nitrogens with zero attached hydrogens (tertiary/aromatic N) is 1. The number of carbonyl (C=O) groups is 1. The van der Waals surface area contributed by atoms with Crippen molar-refractivity contribution in [1.82, 2.24) is 15.5 Å². The van der Waals surface area contributed by atoms with Crippen molar-refractivity contribution in [2.45, 2.75) is 32.2 Å². The zero-order chi connectivity index (χ0) is 12.3. The van der Waals surface area contributed by atoms with Crippen LogP contribution in [0.25, 0.3) is 0 Å². The molecule has 2 unspecified atom stereocenters. The van der Waals surface area contributed by atoms with Crippen LogP contribution in [0.15, 0.2) is 0 Å². The molecule has 0 aromatic carbocycles. The summed E-state index contributed by atoms with van der Waals surface area (Å²) in [7, 11) is 1.74. The lowest BCUT2D eigenvalue weighted by atomic mass is 9.92. The highest BCUT2D eigenvalue weighted by Crippen LogP contribution is 2.25. The Morgan fingerprint density at radius 3 is 2.65 bits per heavy atom. The molecule has 0 radical (unpaired) electrons. The maximum atomic E-state index is 11.6. The van der Waals surface area contributed by atoms with E-state index in [1.807, 2.05) is 0 Å². The first-order chi connectivity index (χ1) is 8.26. The second-order valence-electron chi connectivity index (χ2n) is 5.32. The lowest BCUT2D eigenvalue weighted by Gasteiger charge is -2.37. The molecule has 0 aromatic rings. The molecule has 4 heteroatoms. The number of piperidine rings is 1. The molecule has 17 heavy (non-hydrogen) atoms. The molecule has 2 atom stereocenters. The molecule has 1 amide bonds. The third-order valence-corrected chi connectivity index (χ3v) is 4.44. The van der Waals surface area contributed by atoms with Gasteiger partial charge in [0.1, 0.15) is 0 Å². The van der Waals surface area contributed by atoms with Crippen LogP contribution in [0.4, 0.5) is 0 Å². The molecule has 4 nitrogen and oxygen atoms in total. The fourth-order valence-electron chi connectivity index (χ4n) is 3.26. The topological polar surface area (TPSA) is 44.4 Å². The molecular weight excluding hydrogens is 214 g/mol. The first kappa shape index (κ1) is 12.8. The standard InChI is InChI=1S/C13H25N3O/c1-3-10-8-15-9-12(10)16-6-4-11(5-7-16)13(17)14-2/h10-12,15H,3-9H2,1-2H3,(H,14,17). The molecule has 2 rings (SSSR count). The Morgan fingerprint density at radius 2 is 2.06 bits per heavy atom. The van der Waals surface area contributed by atoms with Crippen molar-refractivity contribution in [3.05, 3.63) is 0 Å². The average molecular weight is 239 g/mol. The summed E-state index contributed by atoms with van der Waals surface area (Å²) in [6, 6.07) is 0.700. The van der Waals surface area contributed by atoms with Crippen molar-refractivity contribution in [3.8, 4) is 0 Å². The minimum absolute atomic E-state index is 0.223. The minimum atomic E-state index is 0.223. The van der Waals surface area contributed by atoms with E-state index in [4.69, 9.17) is 0 Å². The summed E-state index contributed by atoms with van der Waals surface area (Å²) >= 11 is 0. The van der Waals surface area contributed by atoms with Crippen LogP contribution in [0.5, 0.6) is 0 Å². The third kappa shape index (κ3) is 2.80. The highest BCUT2D eigenvalue weighted by Gasteiger charge is 2.34. The highest BCUT2D eigenvalue weighted by atomic mass is 16.1. The number of hydrogen-bond donors (Lipinski definition) is 2. The monoisotopic (exact) mass is 239 g/mol. The second-order valence-corrected chi connectivity index (χ2v) is 5.32. The van der Waals surface area contributed by atoms with Gasteiger partial charge in [0.2, 0.25) is 5.91 Å². The van der Waals surface area contributed by atoms with Crippen molar-refractivity contribution >= 4 is 5.91 Å². The Kier molecular flexibility index (Phi) is 4.40. The van der Waals surface area contributed by atoms with Crippen LogP contribution in [0.1, 0.15) is 26.2 Å². The number of likely N-dealkylation sites (tertiary alicyclic amines) is 1. The molecular formula is C13H25N3O. The van der Waals surface area contributed by atoms with E-state index in [0.717, 1.165) is 44.9 Å². The fourth-order valence-corrected chi connectivity index (χ4v) is 3.26. The number of amides is 1. The first-order valence-electron chi connectivity index (χ1n) is 6.92. The average Bonchev–Trinajstić information content (AvgIpc) is 2.86. The van der Waals surface area contributed by atoms with E-state index in [2.05, 4.69) is 22.5 Å². The van der Waals surface area contributed by atoms with Crippen LogP contribution in [0.3, 0.4) is 0 Å². The van der Waals surface area contributed by atoms with E-state index in [-0.39, 0.29) is 11.8 Å². The summed E-state index contributed by atoms with van der Waals surface area (Å²) in [5.74, 6) is 1.26. The molecule has 0 saturated carbocycles. The molecule has 0 aliphatic carbocycles. The van der Waals surface area contributed by atoms with Crippen LogP contribution >= 0.6 is 0 Å². The maximum absolute atomic E-state index is 11.6. The van der Waals surface area contributed by atoms with Gasteiger partial charge in [-0.1, -0.05) is 13.3 Å². The highest BCUT2D eigenvalue weighted by molar-refractivity contribution is 5.78. The Morgan fingerprint density at radius 1 is 1.35 bits per heavy atom. The predicted molar refractivity (Wildman–Crippen MR) is 68.8 cm³/mol. The molecule has 98 valence electrons. The number of nitrogens with one attached hydrogen (secondary N) is 2. The number of rotatable bonds is 3.